The molecule has 0 amide bonds. The number of halogens is 2. The smallest absolute Gasteiger partial charge is 0.126 e. The van der Waals surface area contributed by atoms with E-state index in [4.69, 9.17) is 18.0 Å². The molecular weight excluding hydrogens is 290 g/mol. The first-order valence-electron chi connectivity index (χ1n) is 6.55. The van der Waals surface area contributed by atoms with Crippen molar-refractivity contribution in [3.05, 3.63) is 64.7 Å². The van der Waals surface area contributed by atoms with Gasteiger partial charge in [-0.1, -0.05) is 24.4 Å². The molecule has 2 nitrogen and oxygen atoms in total. The second kappa shape index (κ2) is 6.63. The van der Waals surface area contributed by atoms with Gasteiger partial charge in [0.25, 0.3) is 0 Å². The van der Waals surface area contributed by atoms with Crippen LogP contribution in [0.1, 0.15) is 16.7 Å². The zero-order valence-corrected chi connectivity index (χ0v) is 12.4. The van der Waals surface area contributed by atoms with Crippen molar-refractivity contribution in [2.45, 2.75) is 13.3 Å². The molecule has 0 aliphatic rings. The maximum absolute atomic E-state index is 13.1. The van der Waals surface area contributed by atoms with Gasteiger partial charge in [-0.25, -0.2) is 8.78 Å². The lowest BCUT2D eigenvalue weighted by Crippen LogP contribution is -2.15. The molecule has 2 aromatic rings. The van der Waals surface area contributed by atoms with Gasteiger partial charge < -0.3 is 11.1 Å². The van der Waals surface area contributed by atoms with Crippen molar-refractivity contribution in [2.75, 3.05) is 11.9 Å². The van der Waals surface area contributed by atoms with Crippen molar-refractivity contribution in [2.24, 2.45) is 5.73 Å². The van der Waals surface area contributed by atoms with Crippen LogP contribution < -0.4 is 11.1 Å². The molecule has 0 aliphatic carbocycles. The Balaban J connectivity index is 2.08. The third-order valence-corrected chi connectivity index (χ3v) is 3.40. The van der Waals surface area contributed by atoms with Gasteiger partial charge in [-0.15, -0.1) is 0 Å². The number of nitrogens with one attached hydrogen (secondary N) is 1. The molecule has 2 rings (SSSR count). The van der Waals surface area contributed by atoms with Gasteiger partial charge in [-0.3, -0.25) is 0 Å². The molecular formula is C16H16F2N2S. The Labute approximate surface area is 128 Å². The van der Waals surface area contributed by atoms with E-state index in [1.54, 1.807) is 0 Å². The van der Waals surface area contributed by atoms with Crippen molar-refractivity contribution >= 4 is 22.9 Å². The maximum Gasteiger partial charge on any atom is 0.126 e. The lowest BCUT2D eigenvalue weighted by Gasteiger charge is -2.14. The Hall–Kier alpha value is -2.01. The second-order valence-corrected chi connectivity index (χ2v) is 5.26. The van der Waals surface area contributed by atoms with E-state index in [-0.39, 0.29) is 0 Å². The highest BCUT2D eigenvalue weighted by molar-refractivity contribution is 7.80. The lowest BCUT2D eigenvalue weighted by atomic mass is 10.1. The van der Waals surface area contributed by atoms with Crippen LogP contribution in [0.3, 0.4) is 0 Å². The summed E-state index contributed by atoms with van der Waals surface area (Å²) in [6, 6.07) is 9.21. The molecule has 3 N–H and O–H groups in total. The van der Waals surface area contributed by atoms with Crippen molar-refractivity contribution in [1.29, 1.82) is 0 Å². The van der Waals surface area contributed by atoms with Gasteiger partial charge in [0.05, 0.1) is 0 Å². The third kappa shape index (κ3) is 3.98. The summed E-state index contributed by atoms with van der Waals surface area (Å²) in [5.74, 6) is -1.13. The van der Waals surface area contributed by atoms with E-state index in [1.165, 1.54) is 12.1 Å². The molecule has 0 spiro atoms. The average molecular weight is 306 g/mol. The third-order valence-electron chi connectivity index (χ3n) is 3.18. The molecule has 0 radical (unpaired) electrons. The molecule has 110 valence electrons. The van der Waals surface area contributed by atoms with Gasteiger partial charge in [0.2, 0.25) is 0 Å². The van der Waals surface area contributed by atoms with Crippen LogP contribution in [0.4, 0.5) is 14.5 Å². The molecule has 0 unspecified atom stereocenters. The summed E-state index contributed by atoms with van der Waals surface area (Å²) in [6.45, 7) is 2.48. The summed E-state index contributed by atoms with van der Waals surface area (Å²) >= 11 is 5.03. The zero-order chi connectivity index (χ0) is 15.4. The summed E-state index contributed by atoms with van der Waals surface area (Å²) < 4.78 is 26.2. The molecule has 21 heavy (non-hydrogen) atoms. The second-order valence-electron chi connectivity index (χ2n) is 4.82. The van der Waals surface area contributed by atoms with Crippen molar-refractivity contribution in [3.8, 4) is 0 Å². The number of hydrogen-bond donors (Lipinski definition) is 2. The topological polar surface area (TPSA) is 38.0 Å². The molecule has 0 saturated carbocycles. The number of anilines is 1. The van der Waals surface area contributed by atoms with Crippen LogP contribution in [-0.2, 0) is 6.42 Å². The Kier molecular flexibility index (Phi) is 4.85. The zero-order valence-electron chi connectivity index (χ0n) is 11.6. The van der Waals surface area contributed by atoms with Crippen LogP contribution in [0.2, 0.25) is 0 Å². The van der Waals surface area contributed by atoms with Gasteiger partial charge in [-0.2, -0.15) is 0 Å². The highest BCUT2D eigenvalue weighted by atomic mass is 32.1. The summed E-state index contributed by atoms with van der Waals surface area (Å²) in [5, 5.41) is 3.24. The van der Waals surface area contributed by atoms with E-state index in [0.29, 0.717) is 23.5 Å². The average Bonchev–Trinajstić information content (AvgIpc) is 2.39. The molecule has 0 bridgehead atoms. The molecule has 2 aromatic carbocycles. The van der Waals surface area contributed by atoms with Gasteiger partial charge >= 0.3 is 0 Å². The van der Waals surface area contributed by atoms with E-state index in [1.807, 2.05) is 25.1 Å². The number of hydrogen-bond acceptors (Lipinski definition) is 2. The molecule has 0 atom stereocenters. The minimum atomic E-state index is -0.565. The first-order valence-corrected chi connectivity index (χ1v) is 6.96. The Bertz CT molecular complexity index is 651. The predicted octanol–water partition coefficient (Wildman–Crippen LogP) is 3.56. The standard InChI is InChI=1S/C16H16F2N2S/c1-10-3-2-4-14(16(19)21)15(10)20-6-5-11-7-12(17)9-13(18)8-11/h2-4,7-9,20H,5-6H2,1H3,(H2,19,21). The van der Waals surface area contributed by atoms with E-state index in [9.17, 15) is 8.78 Å². The summed E-state index contributed by atoms with van der Waals surface area (Å²) in [6.07, 6.45) is 0.500. The summed E-state index contributed by atoms with van der Waals surface area (Å²) in [5.41, 5.74) is 8.96. The fourth-order valence-electron chi connectivity index (χ4n) is 2.19. The molecule has 0 heterocycles. The Morgan fingerprint density at radius 1 is 1.19 bits per heavy atom. The van der Waals surface area contributed by atoms with Crippen LogP contribution in [0, 0.1) is 18.6 Å². The lowest BCUT2D eigenvalue weighted by molar-refractivity contribution is 0.580. The molecule has 0 saturated heterocycles. The summed E-state index contributed by atoms with van der Waals surface area (Å²) in [7, 11) is 0. The number of nitrogens with two attached hydrogens (primary N) is 1. The maximum atomic E-state index is 13.1. The fraction of sp³-hybridized carbons (Fsp3) is 0.188. The van der Waals surface area contributed by atoms with E-state index >= 15 is 0 Å². The number of thiocarbonyl (C=S) groups is 1. The number of para-hydroxylation sites is 1. The minimum Gasteiger partial charge on any atom is -0.389 e. The predicted molar refractivity (Wildman–Crippen MR) is 85.6 cm³/mol. The van der Waals surface area contributed by atoms with Crippen molar-refractivity contribution in [3.63, 3.8) is 0 Å². The number of benzene rings is 2. The van der Waals surface area contributed by atoms with Gasteiger partial charge in [0.1, 0.15) is 16.6 Å². The van der Waals surface area contributed by atoms with Crippen molar-refractivity contribution in [1.82, 2.24) is 0 Å². The normalized spacial score (nSPS) is 10.4. The SMILES string of the molecule is Cc1cccc(C(N)=S)c1NCCc1cc(F)cc(F)c1. The van der Waals surface area contributed by atoms with Gasteiger partial charge in [0.15, 0.2) is 0 Å². The molecule has 0 fully saturated rings. The number of rotatable bonds is 5. The first-order chi connectivity index (χ1) is 9.97. The van der Waals surface area contributed by atoms with Crippen LogP contribution in [0.25, 0.3) is 0 Å². The quantitative estimate of drug-likeness (QED) is 0.830. The van der Waals surface area contributed by atoms with Gasteiger partial charge in [-0.05, 0) is 42.7 Å². The van der Waals surface area contributed by atoms with E-state index < -0.39 is 11.6 Å². The highest BCUT2D eigenvalue weighted by Gasteiger charge is 2.07. The van der Waals surface area contributed by atoms with Gasteiger partial charge in [0, 0.05) is 23.9 Å². The monoisotopic (exact) mass is 306 g/mol. The van der Waals surface area contributed by atoms with E-state index in [2.05, 4.69) is 5.32 Å². The first kappa shape index (κ1) is 15.4. The van der Waals surface area contributed by atoms with Crippen LogP contribution >= 0.6 is 12.2 Å². The van der Waals surface area contributed by atoms with Crippen LogP contribution in [0.5, 0.6) is 0 Å². The number of aryl methyl sites for hydroxylation is 1. The molecule has 5 heteroatoms. The highest BCUT2D eigenvalue weighted by Crippen LogP contribution is 2.20. The molecule has 0 aromatic heterocycles. The largest absolute Gasteiger partial charge is 0.389 e. The minimum absolute atomic E-state index is 0.318. The Morgan fingerprint density at radius 2 is 1.86 bits per heavy atom. The van der Waals surface area contributed by atoms with Crippen molar-refractivity contribution < 1.29 is 8.78 Å². The Morgan fingerprint density at radius 3 is 2.48 bits per heavy atom. The summed E-state index contributed by atoms with van der Waals surface area (Å²) in [4.78, 5) is 0.318. The fourth-order valence-corrected chi connectivity index (χ4v) is 2.36. The van der Waals surface area contributed by atoms with E-state index in [0.717, 1.165) is 22.9 Å². The molecule has 0 aliphatic heterocycles. The van der Waals surface area contributed by atoms with Crippen LogP contribution in [0.15, 0.2) is 36.4 Å². The van der Waals surface area contributed by atoms with Crippen LogP contribution in [-0.4, -0.2) is 11.5 Å².